The van der Waals surface area contributed by atoms with Crippen LogP contribution < -0.4 is 0 Å². The molecule has 1 aliphatic carbocycles. The minimum Gasteiger partial charge on any atom is -0.303 e. The van der Waals surface area contributed by atoms with Gasteiger partial charge in [-0.05, 0) is 42.4 Å². The maximum atomic E-state index is 10.9. The highest BCUT2D eigenvalue weighted by molar-refractivity contribution is 5.51. The van der Waals surface area contributed by atoms with Crippen molar-refractivity contribution in [2.45, 2.75) is 46.5 Å². The van der Waals surface area contributed by atoms with Gasteiger partial charge in [-0.3, -0.25) is 0 Å². The second kappa shape index (κ2) is 4.96. The zero-order valence-electron chi connectivity index (χ0n) is 10.3. The van der Waals surface area contributed by atoms with Gasteiger partial charge in [-0.1, -0.05) is 26.8 Å². The van der Waals surface area contributed by atoms with E-state index in [0.29, 0.717) is 24.2 Å². The van der Waals surface area contributed by atoms with Crippen molar-refractivity contribution < 1.29 is 4.79 Å². The number of rotatable bonds is 5. The Labute approximate surface area is 93.9 Å². The van der Waals surface area contributed by atoms with Gasteiger partial charge in [0.1, 0.15) is 6.29 Å². The molecule has 0 unspecified atom stereocenters. The van der Waals surface area contributed by atoms with Gasteiger partial charge in [-0.25, -0.2) is 0 Å². The second-order valence-corrected chi connectivity index (χ2v) is 5.43. The molecule has 0 spiro atoms. The summed E-state index contributed by atoms with van der Waals surface area (Å²) in [7, 11) is 0. The third-order valence-electron chi connectivity index (χ3n) is 4.42. The Morgan fingerprint density at radius 3 is 2.53 bits per heavy atom. The Morgan fingerprint density at radius 1 is 1.40 bits per heavy atom. The Hall–Kier alpha value is -0.590. The van der Waals surface area contributed by atoms with Crippen molar-refractivity contribution >= 4 is 6.29 Å². The Bertz CT molecular complexity index is 219. The zero-order chi connectivity index (χ0) is 11.5. The fourth-order valence-corrected chi connectivity index (χ4v) is 3.58. The van der Waals surface area contributed by atoms with Gasteiger partial charge in [-0.2, -0.15) is 0 Å². The van der Waals surface area contributed by atoms with E-state index in [2.05, 4.69) is 27.4 Å². The first-order chi connectivity index (χ1) is 7.08. The van der Waals surface area contributed by atoms with Crippen molar-refractivity contribution in [1.29, 1.82) is 0 Å². The van der Waals surface area contributed by atoms with Crippen LogP contribution in [0.3, 0.4) is 0 Å². The summed E-state index contributed by atoms with van der Waals surface area (Å²) in [6.45, 7) is 10.7. The van der Waals surface area contributed by atoms with Gasteiger partial charge in [0.15, 0.2) is 0 Å². The Morgan fingerprint density at radius 2 is 2.07 bits per heavy atom. The van der Waals surface area contributed by atoms with Gasteiger partial charge in [0.25, 0.3) is 0 Å². The molecular formula is C14H24O. The fraction of sp³-hybridized carbons (Fsp3) is 0.786. The summed E-state index contributed by atoms with van der Waals surface area (Å²) >= 11 is 0. The fourth-order valence-electron chi connectivity index (χ4n) is 3.58. The molecular weight excluding hydrogens is 184 g/mol. The van der Waals surface area contributed by atoms with Crippen molar-refractivity contribution in [2.75, 3.05) is 0 Å². The molecule has 1 aliphatic rings. The quantitative estimate of drug-likeness (QED) is 0.495. The number of carbonyl (C=O) groups is 1. The normalized spacial score (nSPS) is 35.7. The van der Waals surface area contributed by atoms with Crippen molar-refractivity contribution in [3.8, 4) is 0 Å². The molecule has 0 aromatic heterocycles. The number of hydrogen-bond acceptors (Lipinski definition) is 1. The summed E-state index contributed by atoms with van der Waals surface area (Å²) in [5.74, 6) is 2.03. The van der Waals surface area contributed by atoms with Crippen LogP contribution in [-0.2, 0) is 4.79 Å². The number of hydrogen-bond donors (Lipinski definition) is 0. The van der Waals surface area contributed by atoms with Crippen molar-refractivity contribution in [3.05, 3.63) is 12.7 Å². The summed E-state index contributed by atoms with van der Waals surface area (Å²) in [4.78, 5) is 10.9. The summed E-state index contributed by atoms with van der Waals surface area (Å²) in [6, 6.07) is 0. The lowest BCUT2D eigenvalue weighted by Crippen LogP contribution is -2.33. The van der Waals surface area contributed by atoms with Gasteiger partial charge in [-0.15, -0.1) is 6.58 Å². The first-order valence-electron chi connectivity index (χ1n) is 6.13. The molecule has 0 radical (unpaired) electrons. The predicted molar refractivity (Wildman–Crippen MR) is 64.7 cm³/mol. The van der Waals surface area contributed by atoms with Gasteiger partial charge in [0.05, 0.1) is 0 Å². The summed E-state index contributed by atoms with van der Waals surface area (Å²) < 4.78 is 0. The molecule has 86 valence electrons. The lowest BCUT2D eigenvalue weighted by Gasteiger charge is -2.39. The molecule has 3 atom stereocenters. The highest BCUT2D eigenvalue weighted by Gasteiger charge is 2.47. The second-order valence-electron chi connectivity index (χ2n) is 5.43. The van der Waals surface area contributed by atoms with Crippen LogP contribution in [0, 0.1) is 23.2 Å². The molecule has 15 heavy (non-hydrogen) atoms. The molecule has 0 aromatic carbocycles. The number of carbonyl (C=O) groups excluding carboxylic acids is 1. The molecule has 1 nitrogen and oxygen atoms in total. The van der Waals surface area contributed by atoms with Gasteiger partial charge < -0.3 is 4.79 Å². The molecule has 1 rings (SSSR count). The van der Waals surface area contributed by atoms with E-state index < -0.39 is 0 Å². The lowest BCUT2D eigenvalue weighted by molar-refractivity contribution is -0.111. The first kappa shape index (κ1) is 12.5. The predicted octanol–water partition coefficient (Wildman–Crippen LogP) is 3.84. The van der Waals surface area contributed by atoms with Crippen LogP contribution in [0.2, 0.25) is 0 Å². The van der Waals surface area contributed by atoms with Crippen LogP contribution in [0.1, 0.15) is 46.5 Å². The SMILES string of the molecule is C=CC[C@@]1(CC=O)[C@H](C)CC[C@@H]1C(C)C. The van der Waals surface area contributed by atoms with E-state index in [-0.39, 0.29) is 5.41 Å². The lowest BCUT2D eigenvalue weighted by atomic mass is 9.65. The molecule has 0 aromatic rings. The summed E-state index contributed by atoms with van der Waals surface area (Å²) in [5.41, 5.74) is 0.206. The minimum absolute atomic E-state index is 0.206. The van der Waals surface area contributed by atoms with Crippen molar-refractivity contribution in [3.63, 3.8) is 0 Å². The molecule has 0 saturated heterocycles. The van der Waals surface area contributed by atoms with E-state index in [0.717, 1.165) is 12.7 Å². The van der Waals surface area contributed by atoms with Crippen molar-refractivity contribution in [2.24, 2.45) is 23.2 Å². The Balaban J connectivity index is 2.96. The van der Waals surface area contributed by atoms with Crippen LogP contribution in [-0.4, -0.2) is 6.29 Å². The zero-order valence-corrected chi connectivity index (χ0v) is 10.3. The topological polar surface area (TPSA) is 17.1 Å². The summed E-state index contributed by atoms with van der Waals surface area (Å²) in [5, 5.41) is 0. The highest BCUT2D eigenvalue weighted by Crippen LogP contribution is 2.54. The molecule has 1 heteroatoms. The van der Waals surface area contributed by atoms with Crippen LogP contribution >= 0.6 is 0 Å². The highest BCUT2D eigenvalue weighted by atomic mass is 16.1. The third kappa shape index (κ3) is 2.16. The third-order valence-corrected chi connectivity index (χ3v) is 4.42. The van der Waals surface area contributed by atoms with E-state index in [9.17, 15) is 4.79 Å². The molecule has 0 bridgehead atoms. The smallest absolute Gasteiger partial charge is 0.120 e. The van der Waals surface area contributed by atoms with Gasteiger partial charge in [0, 0.05) is 6.42 Å². The van der Waals surface area contributed by atoms with E-state index in [1.807, 2.05) is 6.08 Å². The standard InChI is InChI=1S/C14H24O/c1-5-8-14(9-10-15)12(4)6-7-13(14)11(2)3/h5,10-13H,1,6-9H2,2-4H3/t12-,13-,14-/m1/s1. The first-order valence-corrected chi connectivity index (χ1v) is 6.13. The van der Waals surface area contributed by atoms with E-state index in [4.69, 9.17) is 0 Å². The molecule has 0 heterocycles. The minimum atomic E-state index is 0.206. The van der Waals surface area contributed by atoms with Crippen LogP contribution in [0.4, 0.5) is 0 Å². The molecule has 0 aliphatic heterocycles. The van der Waals surface area contributed by atoms with Gasteiger partial charge in [0.2, 0.25) is 0 Å². The average Bonchev–Trinajstić information content (AvgIpc) is 2.46. The maximum Gasteiger partial charge on any atom is 0.120 e. The monoisotopic (exact) mass is 208 g/mol. The van der Waals surface area contributed by atoms with Crippen LogP contribution in [0.15, 0.2) is 12.7 Å². The van der Waals surface area contributed by atoms with Crippen LogP contribution in [0.5, 0.6) is 0 Å². The maximum absolute atomic E-state index is 10.9. The van der Waals surface area contributed by atoms with Crippen molar-refractivity contribution in [1.82, 2.24) is 0 Å². The summed E-state index contributed by atoms with van der Waals surface area (Å²) in [6.07, 6.45) is 7.37. The van der Waals surface area contributed by atoms with E-state index in [1.54, 1.807) is 0 Å². The number of aldehydes is 1. The number of allylic oxidation sites excluding steroid dienone is 1. The molecule has 0 amide bonds. The van der Waals surface area contributed by atoms with Gasteiger partial charge >= 0.3 is 0 Å². The molecule has 0 N–H and O–H groups in total. The molecule has 1 fully saturated rings. The van der Waals surface area contributed by atoms with Crippen LogP contribution in [0.25, 0.3) is 0 Å². The van der Waals surface area contributed by atoms with E-state index >= 15 is 0 Å². The largest absolute Gasteiger partial charge is 0.303 e. The van der Waals surface area contributed by atoms with E-state index in [1.165, 1.54) is 12.8 Å². The Kier molecular flexibility index (Phi) is 4.12. The average molecular weight is 208 g/mol. The molecule has 1 saturated carbocycles.